The number of nitrogens with one attached hydrogen (secondary N) is 1. The smallest absolute Gasteiger partial charge is 0.119 e. The van der Waals surface area contributed by atoms with E-state index in [1.54, 1.807) is 0 Å². The van der Waals surface area contributed by atoms with E-state index in [1.165, 1.54) is 11.1 Å². The third-order valence-electron chi connectivity index (χ3n) is 3.48. The first kappa shape index (κ1) is 13.4. The lowest BCUT2D eigenvalue weighted by atomic mass is 10.1. The van der Waals surface area contributed by atoms with Crippen molar-refractivity contribution < 1.29 is 4.74 Å². The second-order valence-corrected chi connectivity index (χ2v) is 5.26. The molecular weight excluding hydrogens is 224 g/mol. The molecule has 1 fully saturated rings. The van der Waals surface area contributed by atoms with Crippen molar-refractivity contribution in [2.45, 2.75) is 26.8 Å². The lowest BCUT2D eigenvalue weighted by molar-refractivity contribution is 0.143. The van der Waals surface area contributed by atoms with Crippen LogP contribution in [0.2, 0.25) is 0 Å². The van der Waals surface area contributed by atoms with E-state index in [-0.39, 0.29) is 0 Å². The van der Waals surface area contributed by atoms with E-state index in [0.717, 1.165) is 38.5 Å². The van der Waals surface area contributed by atoms with Crippen molar-refractivity contribution in [2.75, 3.05) is 32.8 Å². The number of ether oxygens (including phenoxy) is 1. The number of aryl methyl sites for hydroxylation is 2. The maximum absolute atomic E-state index is 5.86. The summed E-state index contributed by atoms with van der Waals surface area (Å²) in [6.45, 7) is 11.6. The summed E-state index contributed by atoms with van der Waals surface area (Å²) >= 11 is 0. The summed E-state index contributed by atoms with van der Waals surface area (Å²) < 4.78 is 5.86. The molecular formula is C15H24N2O. The molecule has 0 aromatic heterocycles. The van der Waals surface area contributed by atoms with Crippen LogP contribution >= 0.6 is 0 Å². The van der Waals surface area contributed by atoms with Crippen molar-refractivity contribution in [3.05, 3.63) is 29.3 Å². The lowest BCUT2D eigenvalue weighted by Crippen LogP contribution is -2.50. The topological polar surface area (TPSA) is 24.5 Å². The summed E-state index contributed by atoms with van der Waals surface area (Å²) in [5, 5.41) is 3.41. The van der Waals surface area contributed by atoms with Gasteiger partial charge in [0.05, 0.1) is 0 Å². The van der Waals surface area contributed by atoms with Crippen molar-refractivity contribution in [2.24, 2.45) is 0 Å². The fraction of sp³-hybridized carbons (Fsp3) is 0.600. The van der Waals surface area contributed by atoms with E-state index in [4.69, 9.17) is 4.74 Å². The number of nitrogens with zero attached hydrogens (tertiary/aromatic N) is 1. The zero-order chi connectivity index (χ0) is 13.0. The molecule has 1 atom stereocenters. The highest BCUT2D eigenvalue weighted by Gasteiger charge is 2.17. The maximum Gasteiger partial charge on any atom is 0.119 e. The van der Waals surface area contributed by atoms with Crippen LogP contribution in [0.4, 0.5) is 0 Å². The summed E-state index contributed by atoms with van der Waals surface area (Å²) in [4.78, 5) is 2.49. The maximum atomic E-state index is 5.86. The van der Waals surface area contributed by atoms with Crippen LogP contribution in [-0.4, -0.2) is 43.7 Å². The predicted octanol–water partition coefficient (Wildman–Crippen LogP) is 1.98. The van der Waals surface area contributed by atoms with Crippen LogP contribution in [0, 0.1) is 13.8 Å². The third kappa shape index (κ3) is 3.72. The minimum Gasteiger partial charge on any atom is -0.492 e. The molecule has 100 valence electrons. The molecule has 0 saturated carbocycles. The summed E-state index contributed by atoms with van der Waals surface area (Å²) in [6.07, 6.45) is 0. The monoisotopic (exact) mass is 248 g/mol. The highest BCUT2D eigenvalue weighted by Crippen LogP contribution is 2.16. The van der Waals surface area contributed by atoms with Gasteiger partial charge in [-0.05, 0) is 44.0 Å². The standard InChI is InChI=1S/C15H24N2O/c1-12-8-13(2)10-15(9-12)18-7-6-17-5-4-16-11-14(17)3/h8-10,14,16H,4-7,11H2,1-3H3/t14-/m0/s1. The highest BCUT2D eigenvalue weighted by atomic mass is 16.5. The molecule has 0 amide bonds. The van der Waals surface area contributed by atoms with Crippen molar-refractivity contribution in [1.82, 2.24) is 10.2 Å². The average Bonchev–Trinajstić information content (AvgIpc) is 2.30. The Morgan fingerprint density at radius 2 is 2.00 bits per heavy atom. The number of benzene rings is 1. The average molecular weight is 248 g/mol. The Morgan fingerprint density at radius 1 is 1.28 bits per heavy atom. The van der Waals surface area contributed by atoms with E-state index in [1.807, 2.05) is 0 Å². The van der Waals surface area contributed by atoms with Gasteiger partial charge in [0.25, 0.3) is 0 Å². The van der Waals surface area contributed by atoms with Gasteiger partial charge in [-0.1, -0.05) is 6.07 Å². The summed E-state index contributed by atoms with van der Waals surface area (Å²) in [5.41, 5.74) is 2.53. The van der Waals surface area contributed by atoms with Gasteiger partial charge < -0.3 is 10.1 Å². The minimum absolute atomic E-state index is 0.613. The van der Waals surface area contributed by atoms with E-state index in [0.29, 0.717) is 6.04 Å². The van der Waals surface area contributed by atoms with Crippen LogP contribution < -0.4 is 10.1 Å². The van der Waals surface area contributed by atoms with Crippen molar-refractivity contribution in [1.29, 1.82) is 0 Å². The molecule has 3 heteroatoms. The van der Waals surface area contributed by atoms with Gasteiger partial charge in [0.15, 0.2) is 0 Å². The molecule has 3 nitrogen and oxygen atoms in total. The third-order valence-corrected chi connectivity index (χ3v) is 3.48. The van der Waals surface area contributed by atoms with Gasteiger partial charge in [0, 0.05) is 32.2 Å². The number of hydrogen-bond acceptors (Lipinski definition) is 3. The second-order valence-electron chi connectivity index (χ2n) is 5.26. The Kier molecular flexibility index (Phi) is 4.61. The van der Waals surface area contributed by atoms with Crippen molar-refractivity contribution in [3.8, 4) is 5.75 Å². The Balaban J connectivity index is 1.80. The molecule has 1 saturated heterocycles. The molecule has 18 heavy (non-hydrogen) atoms. The van der Waals surface area contributed by atoms with E-state index in [9.17, 15) is 0 Å². The molecule has 1 N–H and O–H groups in total. The van der Waals surface area contributed by atoms with Crippen LogP contribution in [0.1, 0.15) is 18.1 Å². The normalized spacial score (nSPS) is 20.9. The molecule has 0 spiro atoms. The molecule has 1 heterocycles. The molecule has 0 radical (unpaired) electrons. The van der Waals surface area contributed by atoms with Gasteiger partial charge in [-0.3, -0.25) is 4.90 Å². The SMILES string of the molecule is Cc1cc(C)cc(OCCN2CCNC[C@@H]2C)c1. The molecule has 1 aliphatic rings. The first-order valence-corrected chi connectivity index (χ1v) is 6.81. The fourth-order valence-electron chi connectivity index (χ4n) is 2.51. The minimum atomic E-state index is 0.613. The molecule has 1 aromatic carbocycles. The fourth-order valence-corrected chi connectivity index (χ4v) is 2.51. The van der Waals surface area contributed by atoms with Crippen molar-refractivity contribution >= 4 is 0 Å². The largest absolute Gasteiger partial charge is 0.492 e. The molecule has 0 unspecified atom stereocenters. The lowest BCUT2D eigenvalue weighted by Gasteiger charge is -2.33. The number of piperazine rings is 1. The summed E-state index contributed by atoms with van der Waals surface area (Å²) in [6, 6.07) is 7.00. The highest BCUT2D eigenvalue weighted by molar-refractivity contribution is 5.32. The quantitative estimate of drug-likeness (QED) is 0.882. The van der Waals surface area contributed by atoms with Gasteiger partial charge in [-0.25, -0.2) is 0 Å². The van der Waals surface area contributed by atoms with Crippen LogP contribution in [0.25, 0.3) is 0 Å². The van der Waals surface area contributed by atoms with Gasteiger partial charge in [0.2, 0.25) is 0 Å². The Hall–Kier alpha value is -1.06. The van der Waals surface area contributed by atoms with Crippen LogP contribution in [-0.2, 0) is 0 Å². The Bertz CT molecular complexity index is 372. The van der Waals surface area contributed by atoms with Crippen LogP contribution in [0.15, 0.2) is 18.2 Å². The number of rotatable bonds is 4. The van der Waals surface area contributed by atoms with Gasteiger partial charge >= 0.3 is 0 Å². The first-order chi connectivity index (χ1) is 8.65. The van der Waals surface area contributed by atoms with Crippen LogP contribution in [0.5, 0.6) is 5.75 Å². The van der Waals surface area contributed by atoms with E-state index in [2.05, 4.69) is 49.2 Å². The van der Waals surface area contributed by atoms with Gasteiger partial charge in [0.1, 0.15) is 12.4 Å². The summed E-state index contributed by atoms with van der Waals surface area (Å²) in [5.74, 6) is 0.996. The first-order valence-electron chi connectivity index (χ1n) is 6.81. The zero-order valence-electron chi connectivity index (χ0n) is 11.7. The molecule has 0 aliphatic carbocycles. The van der Waals surface area contributed by atoms with Crippen molar-refractivity contribution in [3.63, 3.8) is 0 Å². The van der Waals surface area contributed by atoms with Gasteiger partial charge in [-0.15, -0.1) is 0 Å². The van der Waals surface area contributed by atoms with E-state index >= 15 is 0 Å². The second kappa shape index (κ2) is 6.21. The predicted molar refractivity (Wildman–Crippen MR) is 75.3 cm³/mol. The van der Waals surface area contributed by atoms with E-state index < -0.39 is 0 Å². The molecule has 0 bridgehead atoms. The van der Waals surface area contributed by atoms with Crippen LogP contribution in [0.3, 0.4) is 0 Å². The number of hydrogen-bond donors (Lipinski definition) is 1. The molecule has 2 rings (SSSR count). The zero-order valence-corrected chi connectivity index (χ0v) is 11.7. The Labute approximate surface area is 110 Å². The Morgan fingerprint density at radius 3 is 2.67 bits per heavy atom. The molecule has 1 aliphatic heterocycles. The molecule has 1 aromatic rings. The summed E-state index contributed by atoms with van der Waals surface area (Å²) in [7, 11) is 0. The van der Waals surface area contributed by atoms with Gasteiger partial charge in [-0.2, -0.15) is 0 Å².